The SMILES string of the molecule is CCOC(=O)C(=Cc1ccc(Cl)cc1Oc1ccccc1)N=[N+]=[N-]. The molecule has 0 spiro atoms. The molecule has 0 saturated carbocycles. The van der Waals surface area contributed by atoms with Crippen molar-refractivity contribution in [2.24, 2.45) is 5.11 Å². The van der Waals surface area contributed by atoms with Gasteiger partial charge in [-0.25, -0.2) is 4.79 Å². The molecular formula is C17H14ClN3O3. The number of para-hydroxylation sites is 1. The molecule has 0 bridgehead atoms. The van der Waals surface area contributed by atoms with E-state index in [4.69, 9.17) is 26.6 Å². The molecule has 2 aromatic carbocycles. The fraction of sp³-hybridized carbons (Fsp3) is 0.118. The lowest BCUT2D eigenvalue weighted by atomic mass is 10.1. The molecule has 2 aromatic rings. The standard InChI is InChI=1S/C17H14ClN3O3/c1-2-23-17(22)15(20-21-19)10-12-8-9-13(18)11-16(12)24-14-6-4-3-5-7-14/h3-11H,2H2,1H3. The average Bonchev–Trinajstić information content (AvgIpc) is 2.57. The first kappa shape index (κ1) is 17.4. The molecule has 6 nitrogen and oxygen atoms in total. The van der Waals surface area contributed by atoms with E-state index in [1.807, 2.05) is 18.2 Å². The number of hydrogen-bond acceptors (Lipinski definition) is 4. The minimum absolute atomic E-state index is 0.167. The summed E-state index contributed by atoms with van der Waals surface area (Å²) in [5, 5.41) is 3.86. The van der Waals surface area contributed by atoms with Crippen LogP contribution in [0.2, 0.25) is 5.02 Å². The van der Waals surface area contributed by atoms with E-state index in [-0.39, 0.29) is 12.3 Å². The molecule has 0 aliphatic rings. The number of hydrogen-bond donors (Lipinski definition) is 0. The number of carbonyl (C=O) groups excluding carboxylic acids is 1. The highest BCUT2D eigenvalue weighted by molar-refractivity contribution is 6.30. The molecule has 0 aromatic heterocycles. The van der Waals surface area contributed by atoms with Crippen LogP contribution in [0.4, 0.5) is 0 Å². The lowest BCUT2D eigenvalue weighted by molar-refractivity contribution is -0.138. The van der Waals surface area contributed by atoms with Crippen molar-refractivity contribution in [1.29, 1.82) is 0 Å². The molecule has 0 heterocycles. The predicted molar refractivity (Wildman–Crippen MR) is 91.7 cm³/mol. The van der Waals surface area contributed by atoms with Crippen LogP contribution < -0.4 is 4.74 Å². The fourth-order valence-corrected chi connectivity index (χ4v) is 2.02. The second-order valence-corrected chi connectivity index (χ2v) is 4.97. The van der Waals surface area contributed by atoms with Crippen LogP contribution in [-0.4, -0.2) is 12.6 Å². The summed E-state index contributed by atoms with van der Waals surface area (Å²) >= 11 is 6.02. The number of rotatable bonds is 6. The third-order valence-electron chi connectivity index (χ3n) is 2.88. The molecule has 0 N–H and O–H groups in total. The molecule has 2 rings (SSSR count). The van der Waals surface area contributed by atoms with Gasteiger partial charge >= 0.3 is 5.97 Å². The fourth-order valence-electron chi connectivity index (χ4n) is 1.86. The Labute approximate surface area is 143 Å². The number of ether oxygens (including phenoxy) is 2. The van der Waals surface area contributed by atoms with Crippen molar-refractivity contribution < 1.29 is 14.3 Å². The number of carbonyl (C=O) groups is 1. The van der Waals surface area contributed by atoms with Crippen LogP contribution in [-0.2, 0) is 9.53 Å². The normalized spacial score (nSPS) is 10.7. The zero-order chi connectivity index (χ0) is 17.4. The molecule has 0 saturated heterocycles. The lowest BCUT2D eigenvalue weighted by Gasteiger charge is -2.10. The first-order valence-electron chi connectivity index (χ1n) is 7.10. The van der Waals surface area contributed by atoms with E-state index in [9.17, 15) is 4.79 Å². The van der Waals surface area contributed by atoms with Crippen molar-refractivity contribution in [2.45, 2.75) is 6.92 Å². The first-order chi connectivity index (χ1) is 11.6. The summed E-state index contributed by atoms with van der Waals surface area (Å²) in [6.07, 6.45) is 1.40. The maximum atomic E-state index is 11.9. The van der Waals surface area contributed by atoms with Gasteiger partial charge in [-0.3, -0.25) is 0 Å². The summed E-state index contributed by atoms with van der Waals surface area (Å²) in [4.78, 5) is 14.5. The van der Waals surface area contributed by atoms with Crippen molar-refractivity contribution in [3.8, 4) is 11.5 Å². The van der Waals surface area contributed by atoms with Gasteiger partial charge in [-0.15, -0.1) is 0 Å². The summed E-state index contributed by atoms with van der Waals surface area (Å²) in [6, 6.07) is 14.0. The minimum Gasteiger partial charge on any atom is -0.462 e. The van der Waals surface area contributed by atoms with Gasteiger partial charge in [-0.1, -0.05) is 34.9 Å². The van der Waals surface area contributed by atoms with Gasteiger partial charge in [0.25, 0.3) is 0 Å². The molecule has 0 aliphatic heterocycles. The highest BCUT2D eigenvalue weighted by atomic mass is 35.5. The number of halogens is 1. The van der Waals surface area contributed by atoms with Gasteiger partial charge in [0.2, 0.25) is 0 Å². The maximum Gasteiger partial charge on any atom is 0.340 e. The van der Waals surface area contributed by atoms with Crippen molar-refractivity contribution in [2.75, 3.05) is 6.61 Å². The van der Waals surface area contributed by atoms with Crippen LogP contribution in [0.25, 0.3) is 16.5 Å². The number of esters is 1. The predicted octanol–water partition coefficient (Wildman–Crippen LogP) is 5.35. The molecule has 24 heavy (non-hydrogen) atoms. The number of nitrogens with zero attached hydrogens (tertiary/aromatic N) is 3. The summed E-state index contributed by atoms with van der Waals surface area (Å²) in [5.41, 5.74) is 9.00. The van der Waals surface area contributed by atoms with Gasteiger partial charge < -0.3 is 9.47 Å². The van der Waals surface area contributed by atoms with E-state index in [0.29, 0.717) is 22.1 Å². The van der Waals surface area contributed by atoms with Crippen molar-refractivity contribution in [3.05, 3.63) is 75.3 Å². The van der Waals surface area contributed by atoms with Crippen LogP contribution >= 0.6 is 11.6 Å². The van der Waals surface area contributed by atoms with Crippen LogP contribution in [0.3, 0.4) is 0 Å². The van der Waals surface area contributed by atoms with Crippen molar-refractivity contribution in [1.82, 2.24) is 0 Å². The molecule has 0 unspecified atom stereocenters. The highest BCUT2D eigenvalue weighted by Crippen LogP contribution is 2.30. The van der Waals surface area contributed by atoms with E-state index < -0.39 is 5.97 Å². The molecule has 122 valence electrons. The maximum absolute atomic E-state index is 11.9. The topological polar surface area (TPSA) is 84.3 Å². The van der Waals surface area contributed by atoms with E-state index in [0.717, 1.165) is 0 Å². The Morgan fingerprint density at radius 1 is 1.29 bits per heavy atom. The average molecular weight is 344 g/mol. The quantitative estimate of drug-likeness (QED) is 0.233. The second-order valence-electron chi connectivity index (χ2n) is 4.54. The number of benzene rings is 2. The van der Waals surface area contributed by atoms with Gasteiger partial charge in [0.05, 0.1) is 6.61 Å². The molecule has 0 amide bonds. The summed E-state index contributed by atoms with van der Waals surface area (Å²) in [6.45, 7) is 1.84. The monoisotopic (exact) mass is 343 g/mol. The molecule has 7 heteroatoms. The molecular weight excluding hydrogens is 330 g/mol. The zero-order valence-electron chi connectivity index (χ0n) is 12.8. The number of azide groups is 1. The van der Waals surface area contributed by atoms with E-state index in [1.54, 1.807) is 37.3 Å². The minimum atomic E-state index is -0.712. The largest absolute Gasteiger partial charge is 0.462 e. The Kier molecular flexibility index (Phi) is 6.25. The van der Waals surface area contributed by atoms with Crippen LogP contribution in [0.1, 0.15) is 12.5 Å². The van der Waals surface area contributed by atoms with Crippen LogP contribution in [0, 0.1) is 0 Å². The molecule has 0 radical (unpaired) electrons. The first-order valence-corrected chi connectivity index (χ1v) is 7.48. The Morgan fingerprint density at radius 2 is 2.04 bits per heavy atom. The van der Waals surface area contributed by atoms with Crippen molar-refractivity contribution in [3.63, 3.8) is 0 Å². The highest BCUT2D eigenvalue weighted by Gasteiger charge is 2.11. The Hall–Kier alpha value is -2.95. The van der Waals surface area contributed by atoms with E-state index in [1.165, 1.54) is 6.08 Å². The van der Waals surface area contributed by atoms with E-state index in [2.05, 4.69) is 10.0 Å². The van der Waals surface area contributed by atoms with Crippen LogP contribution in [0.15, 0.2) is 59.3 Å². The lowest BCUT2D eigenvalue weighted by Crippen LogP contribution is -2.05. The smallest absolute Gasteiger partial charge is 0.340 e. The molecule has 0 aliphatic carbocycles. The third-order valence-corrected chi connectivity index (χ3v) is 3.11. The van der Waals surface area contributed by atoms with Crippen LogP contribution in [0.5, 0.6) is 11.5 Å². The zero-order valence-corrected chi connectivity index (χ0v) is 13.6. The van der Waals surface area contributed by atoms with E-state index >= 15 is 0 Å². The third kappa shape index (κ3) is 4.78. The van der Waals surface area contributed by atoms with Gasteiger partial charge in [0.15, 0.2) is 0 Å². The van der Waals surface area contributed by atoms with Gasteiger partial charge in [-0.05, 0) is 42.8 Å². The summed E-state index contributed by atoms with van der Waals surface area (Å²) in [7, 11) is 0. The Bertz CT molecular complexity index is 800. The second kappa shape index (κ2) is 8.62. The Balaban J connectivity index is 2.43. The van der Waals surface area contributed by atoms with Gasteiger partial charge in [0.1, 0.15) is 17.2 Å². The van der Waals surface area contributed by atoms with Gasteiger partial charge in [0, 0.05) is 21.6 Å². The van der Waals surface area contributed by atoms with Gasteiger partial charge in [-0.2, -0.15) is 0 Å². The molecule has 0 fully saturated rings. The summed E-state index contributed by atoms with van der Waals surface area (Å²) in [5.74, 6) is 0.315. The van der Waals surface area contributed by atoms with Crippen molar-refractivity contribution >= 4 is 23.6 Å². The Morgan fingerprint density at radius 3 is 2.71 bits per heavy atom. The summed E-state index contributed by atoms with van der Waals surface area (Å²) < 4.78 is 10.7. The molecule has 0 atom stereocenters.